The molecule has 0 aliphatic heterocycles. The molecular weight excluding hydrogens is 230 g/mol. The van der Waals surface area contributed by atoms with E-state index in [1.807, 2.05) is 0 Å². The van der Waals surface area contributed by atoms with E-state index >= 15 is 0 Å². The van der Waals surface area contributed by atoms with Gasteiger partial charge in [0.1, 0.15) is 11.8 Å². The molecule has 0 unspecified atom stereocenters. The third-order valence-electron chi connectivity index (χ3n) is 2.65. The molecule has 0 aliphatic carbocycles. The van der Waals surface area contributed by atoms with E-state index in [2.05, 4.69) is 38.7 Å². The Balaban J connectivity index is 2.30. The normalized spacial score (nSPS) is 11.3. The SMILES string of the molecule is COCCN(CC(C)C)c1ncnc2nc[nH]c12. The van der Waals surface area contributed by atoms with E-state index in [1.165, 1.54) is 0 Å². The highest BCUT2D eigenvalue weighted by Gasteiger charge is 2.14. The first-order valence-corrected chi connectivity index (χ1v) is 6.10. The minimum absolute atomic E-state index is 0.551. The van der Waals surface area contributed by atoms with Gasteiger partial charge in [0.25, 0.3) is 0 Å². The number of H-pyrrole nitrogens is 1. The number of anilines is 1. The molecule has 0 saturated heterocycles. The van der Waals surface area contributed by atoms with Crippen molar-refractivity contribution in [3.8, 4) is 0 Å². The highest BCUT2D eigenvalue weighted by atomic mass is 16.5. The summed E-state index contributed by atoms with van der Waals surface area (Å²) in [6.45, 7) is 6.77. The maximum Gasteiger partial charge on any atom is 0.182 e. The molecule has 98 valence electrons. The van der Waals surface area contributed by atoms with Gasteiger partial charge in [-0.3, -0.25) is 0 Å². The molecule has 0 saturated carbocycles. The fourth-order valence-electron chi connectivity index (χ4n) is 1.92. The van der Waals surface area contributed by atoms with Crippen LogP contribution < -0.4 is 4.90 Å². The molecule has 0 radical (unpaired) electrons. The molecule has 0 aliphatic rings. The first-order valence-electron chi connectivity index (χ1n) is 6.10. The van der Waals surface area contributed by atoms with Crippen molar-refractivity contribution in [2.24, 2.45) is 5.92 Å². The highest BCUT2D eigenvalue weighted by molar-refractivity contribution is 5.82. The fourth-order valence-corrected chi connectivity index (χ4v) is 1.92. The summed E-state index contributed by atoms with van der Waals surface area (Å²) < 4.78 is 5.16. The summed E-state index contributed by atoms with van der Waals surface area (Å²) in [5.74, 6) is 1.44. The highest BCUT2D eigenvalue weighted by Crippen LogP contribution is 2.20. The van der Waals surface area contributed by atoms with Crippen molar-refractivity contribution in [3.05, 3.63) is 12.7 Å². The van der Waals surface area contributed by atoms with Gasteiger partial charge in [-0.05, 0) is 5.92 Å². The Hall–Kier alpha value is -1.69. The first kappa shape index (κ1) is 12.8. The molecule has 0 aromatic carbocycles. The number of ether oxygens (including phenoxy) is 1. The fraction of sp³-hybridized carbons (Fsp3) is 0.583. The minimum atomic E-state index is 0.551. The Morgan fingerprint density at radius 3 is 2.89 bits per heavy atom. The van der Waals surface area contributed by atoms with Crippen LogP contribution in [0.5, 0.6) is 0 Å². The molecule has 0 atom stereocenters. The average Bonchev–Trinajstić information content (AvgIpc) is 2.82. The van der Waals surface area contributed by atoms with Crippen LogP contribution in [0.2, 0.25) is 0 Å². The van der Waals surface area contributed by atoms with Crippen molar-refractivity contribution >= 4 is 17.0 Å². The lowest BCUT2D eigenvalue weighted by Crippen LogP contribution is -2.32. The number of aromatic nitrogens is 4. The zero-order valence-electron chi connectivity index (χ0n) is 11.1. The number of hydrogen-bond acceptors (Lipinski definition) is 5. The van der Waals surface area contributed by atoms with Gasteiger partial charge in [-0.15, -0.1) is 0 Å². The zero-order chi connectivity index (χ0) is 13.0. The number of hydrogen-bond donors (Lipinski definition) is 1. The number of methoxy groups -OCH3 is 1. The molecule has 2 heterocycles. The third-order valence-corrected chi connectivity index (χ3v) is 2.65. The second-order valence-corrected chi connectivity index (χ2v) is 4.63. The molecule has 2 aromatic rings. The summed E-state index contributed by atoms with van der Waals surface area (Å²) in [6.07, 6.45) is 3.20. The van der Waals surface area contributed by atoms with E-state index in [0.717, 1.165) is 24.4 Å². The topological polar surface area (TPSA) is 66.9 Å². The van der Waals surface area contributed by atoms with Crippen molar-refractivity contribution in [1.82, 2.24) is 19.9 Å². The number of aromatic amines is 1. The molecular formula is C12H19N5O. The first-order chi connectivity index (χ1) is 8.72. The van der Waals surface area contributed by atoms with Gasteiger partial charge in [-0.2, -0.15) is 0 Å². The standard InChI is InChI=1S/C12H19N5O/c1-9(2)6-17(4-5-18-3)12-10-11(14-7-13-10)15-8-16-12/h7-9H,4-6H2,1-3H3,(H,13,14,15,16). The molecule has 0 bridgehead atoms. The summed E-state index contributed by atoms with van der Waals surface area (Å²) in [6, 6.07) is 0. The van der Waals surface area contributed by atoms with Crippen LogP contribution in [0.15, 0.2) is 12.7 Å². The molecule has 0 fully saturated rings. The van der Waals surface area contributed by atoms with Crippen molar-refractivity contribution in [1.29, 1.82) is 0 Å². The number of nitrogens with one attached hydrogen (secondary N) is 1. The van der Waals surface area contributed by atoms with Gasteiger partial charge >= 0.3 is 0 Å². The van der Waals surface area contributed by atoms with Crippen LogP contribution in [0.4, 0.5) is 5.82 Å². The quantitative estimate of drug-likeness (QED) is 0.839. The lowest BCUT2D eigenvalue weighted by Gasteiger charge is -2.25. The second kappa shape index (κ2) is 5.77. The Bertz CT molecular complexity index is 496. The Morgan fingerprint density at radius 2 is 2.17 bits per heavy atom. The van der Waals surface area contributed by atoms with Gasteiger partial charge in [-0.25, -0.2) is 15.0 Å². The smallest absolute Gasteiger partial charge is 0.182 e. The van der Waals surface area contributed by atoms with Crippen molar-refractivity contribution in [2.75, 3.05) is 31.7 Å². The lowest BCUT2D eigenvalue weighted by molar-refractivity contribution is 0.204. The van der Waals surface area contributed by atoms with Crippen LogP contribution in [0.1, 0.15) is 13.8 Å². The summed E-state index contributed by atoms with van der Waals surface area (Å²) in [7, 11) is 1.71. The van der Waals surface area contributed by atoms with E-state index in [4.69, 9.17) is 4.74 Å². The molecule has 1 N–H and O–H groups in total. The van der Waals surface area contributed by atoms with Gasteiger partial charge < -0.3 is 14.6 Å². The number of imidazole rings is 1. The maximum absolute atomic E-state index is 5.16. The summed E-state index contributed by atoms with van der Waals surface area (Å²) in [5, 5.41) is 0. The van der Waals surface area contributed by atoms with E-state index < -0.39 is 0 Å². The van der Waals surface area contributed by atoms with E-state index in [-0.39, 0.29) is 0 Å². The monoisotopic (exact) mass is 249 g/mol. The van der Waals surface area contributed by atoms with E-state index in [0.29, 0.717) is 18.2 Å². The third kappa shape index (κ3) is 2.76. The van der Waals surface area contributed by atoms with E-state index in [9.17, 15) is 0 Å². The maximum atomic E-state index is 5.16. The summed E-state index contributed by atoms with van der Waals surface area (Å²) >= 11 is 0. The molecule has 0 spiro atoms. The van der Waals surface area contributed by atoms with Crippen molar-refractivity contribution in [2.45, 2.75) is 13.8 Å². The summed E-state index contributed by atoms with van der Waals surface area (Å²) in [4.78, 5) is 18.0. The van der Waals surface area contributed by atoms with Crippen LogP contribution in [0.25, 0.3) is 11.2 Å². The Kier molecular flexibility index (Phi) is 4.09. The van der Waals surface area contributed by atoms with Crippen LogP contribution in [-0.4, -0.2) is 46.7 Å². The van der Waals surface area contributed by atoms with Gasteiger partial charge in [0.15, 0.2) is 11.5 Å². The zero-order valence-corrected chi connectivity index (χ0v) is 11.1. The average molecular weight is 249 g/mol. The molecule has 0 amide bonds. The number of rotatable bonds is 6. The number of fused-ring (bicyclic) bond motifs is 1. The lowest BCUT2D eigenvalue weighted by atomic mass is 10.2. The minimum Gasteiger partial charge on any atom is -0.383 e. The Morgan fingerprint density at radius 1 is 1.33 bits per heavy atom. The molecule has 6 heteroatoms. The van der Waals surface area contributed by atoms with Crippen LogP contribution in [-0.2, 0) is 4.74 Å². The molecule has 6 nitrogen and oxygen atoms in total. The second-order valence-electron chi connectivity index (χ2n) is 4.63. The largest absolute Gasteiger partial charge is 0.383 e. The van der Waals surface area contributed by atoms with Gasteiger partial charge in [-0.1, -0.05) is 13.8 Å². The predicted octanol–water partition coefficient (Wildman–Crippen LogP) is 1.46. The van der Waals surface area contributed by atoms with Crippen molar-refractivity contribution < 1.29 is 4.74 Å². The van der Waals surface area contributed by atoms with E-state index in [1.54, 1.807) is 19.8 Å². The van der Waals surface area contributed by atoms with Gasteiger partial charge in [0.2, 0.25) is 0 Å². The predicted molar refractivity (Wildman–Crippen MR) is 70.6 cm³/mol. The molecule has 2 rings (SSSR count). The van der Waals surface area contributed by atoms with Crippen LogP contribution >= 0.6 is 0 Å². The van der Waals surface area contributed by atoms with Crippen molar-refractivity contribution in [3.63, 3.8) is 0 Å². The molecule has 2 aromatic heterocycles. The molecule has 18 heavy (non-hydrogen) atoms. The van der Waals surface area contributed by atoms with Crippen LogP contribution in [0, 0.1) is 5.92 Å². The van der Waals surface area contributed by atoms with Crippen LogP contribution in [0.3, 0.4) is 0 Å². The summed E-state index contributed by atoms with van der Waals surface area (Å²) in [5.41, 5.74) is 1.58. The van der Waals surface area contributed by atoms with Gasteiger partial charge in [0.05, 0.1) is 12.9 Å². The Labute approximate surface area is 106 Å². The van der Waals surface area contributed by atoms with Gasteiger partial charge in [0, 0.05) is 20.2 Å². The number of nitrogens with zero attached hydrogens (tertiary/aromatic N) is 4.